The monoisotopic (exact) mass is 313 g/mol. The van der Waals surface area contributed by atoms with Crippen LogP contribution in [0.2, 0.25) is 0 Å². The third-order valence-corrected chi connectivity index (χ3v) is 4.55. The number of hydrogen-bond acceptors (Lipinski definition) is 4. The molecule has 1 rings (SSSR count). The van der Waals surface area contributed by atoms with Crippen molar-refractivity contribution in [3.63, 3.8) is 0 Å². The minimum absolute atomic E-state index is 0.123. The fourth-order valence-electron chi connectivity index (χ4n) is 1.69. The molecule has 0 fully saturated rings. The Bertz CT molecular complexity index is 649. The summed E-state index contributed by atoms with van der Waals surface area (Å²) in [5.41, 5.74) is 0.290. The molecule has 1 aromatic rings. The summed E-state index contributed by atoms with van der Waals surface area (Å²) in [5.74, 6) is -2.28. The van der Waals surface area contributed by atoms with Crippen molar-refractivity contribution in [1.82, 2.24) is 5.32 Å². The van der Waals surface area contributed by atoms with Crippen LogP contribution in [0.3, 0.4) is 0 Å². The van der Waals surface area contributed by atoms with Gasteiger partial charge < -0.3 is 10.4 Å². The van der Waals surface area contributed by atoms with E-state index < -0.39 is 27.5 Å². The van der Waals surface area contributed by atoms with E-state index in [-0.39, 0.29) is 16.4 Å². The first-order valence-electron chi connectivity index (χ1n) is 6.47. The normalized spacial score (nSPS) is 11.4. The van der Waals surface area contributed by atoms with Crippen LogP contribution in [0.1, 0.15) is 29.8 Å². The molecule has 0 saturated carbocycles. The van der Waals surface area contributed by atoms with Crippen molar-refractivity contribution < 1.29 is 23.1 Å². The highest BCUT2D eigenvalue weighted by molar-refractivity contribution is 7.92. The van der Waals surface area contributed by atoms with Gasteiger partial charge in [-0.05, 0) is 30.5 Å². The molecule has 0 aliphatic heterocycles. The third-order valence-electron chi connectivity index (χ3n) is 2.80. The van der Waals surface area contributed by atoms with Crippen LogP contribution in [0.5, 0.6) is 0 Å². The van der Waals surface area contributed by atoms with Gasteiger partial charge in [-0.2, -0.15) is 0 Å². The van der Waals surface area contributed by atoms with Crippen LogP contribution >= 0.6 is 0 Å². The molecule has 21 heavy (non-hydrogen) atoms. The third kappa shape index (κ3) is 4.86. The number of hydrogen-bond donors (Lipinski definition) is 2. The molecule has 0 aliphatic carbocycles. The van der Waals surface area contributed by atoms with Crippen LogP contribution in [0.15, 0.2) is 23.1 Å². The van der Waals surface area contributed by atoms with E-state index in [1.165, 1.54) is 12.1 Å². The lowest BCUT2D eigenvalue weighted by atomic mass is 10.1. The van der Waals surface area contributed by atoms with Crippen LogP contribution in [0.25, 0.3) is 0 Å². The van der Waals surface area contributed by atoms with Crippen LogP contribution in [0.4, 0.5) is 0 Å². The summed E-state index contributed by atoms with van der Waals surface area (Å²) in [6, 6.07) is 3.83. The summed E-state index contributed by atoms with van der Waals surface area (Å²) in [4.78, 5) is 22.5. The van der Waals surface area contributed by atoms with Gasteiger partial charge in [-0.25, -0.2) is 13.2 Å². The van der Waals surface area contributed by atoms with E-state index in [0.29, 0.717) is 12.1 Å². The van der Waals surface area contributed by atoms with Crippen molar-refractivity contribution in [2.24, 2.45) is 5.92 Å². The van der Waals surface area contributed by atoms with Gasteiger partial charge in [0.15, 0.2) is 9.84 Å². The molecule has 0 aromatic heterocycles. The highest BCUT2D eigenvalue weighted by Crippen LogP contribution is 2.18. The Morgan fingerprint density at radius 2 is 1.90 bits per heavy atom. The van der Waals surface area contributed by atoms with Gasteiger partial charge in [-0.3, -0.25) is 4.79 Å². The SMILES string of the molecule is Cc1ccc(C(=O)O)cc1S(=O)(=O)CC(=O)NCC(C)C. The quantitative estimate of drug-likeness (QED) is 0.823. The number of amides is 1. The molecule has 0 radical (unpaired) electrons. The van der Waals surface area contributed by atoms with Crippen LogP contribution in [0, 0.1) is 12.8 Å². The van der Waals surface area contributed by atoms with Gasteiger partial charge in [0.1, 0.15) is 5.75 Å². The molecule has 0 unspecified atom stereocenters. The maximum absolute atomic E-state index is 12.2. The molecule has 6 nitrogen and oxygen atoms in total. The average molecular weight is 313 g/mol. The lowest BCUT2D eigenvalue weighted by Gasteiger charge is -2.10. The standard InChI is InChI=1S/C14H19NO5S/c1-9(2)7-15-13(16)8-21(19,20)12-6-11(14(17)18)5-4-10(12)3/h4-6,9H,7-8H2,1-3H3,(H,15,16)(H,17,18). The van der Waals surface area contributed by atoms with E-state index in [9.17, 15) is 18.0 Å². The molecule has 7 heteroatoms. The Morgan fingerprint density at radius 1 is 1.29 bits per heavy atom. The number of carbonyl (C=O) groups is 2. The van der Waals surface area contributed by atoms with Crippen molar-refractivity contribution in [2.45, 2.75) is 25.7 Å². The number of nitrogens with one attached hydrogen (secondary N) is 1. The minimum Gasteiger partial charge on any atom is -0.478 e. The maximum Gasteiger partial charge on any atom is 0.335 e. The van der Waals surface area contributed by atoms with Crippen molar-refractivity contribution in [1.29, 1.82) is 0 Å². The highest BCUT2D eigenvalue weighted by Gasteiger charge is 2.22. The first-order chi connectivity index (χ1) is 9.63. The number of carboxylic acids is 1. The summed E-state index contributed by atoms with van der Waals surface area (Å²) >= 11 is 0. The molecular formula is C14H19NO5S. The molecule has 0 saturated heterocycles. The fourth-order valence-corrected chi connectivity index (χ4v) is 3.16. The number of aryl methyl sites for hydroxylation is 1. The largest absolute Gasteiger partial charge is 0.478 e. The number of rotatable bonds is 6. The first kappa shape index (κ1) is 17.2. The zero-order chi connectivity index (χ0) is 16.2. The first-order valence-corrected chi connectivity index (χ1v) is 8.12. The maximum atomic E-state index is 12.2. The Morgan fingerprint density at radius 3 is 2.43 bits per heavy atom. The molecule has 0 heterocycles. The van der Waals surface area contributed by atoms with Gasteiger partial charge in [0, 0.05) is 6.54 Å². The van der Waals surface area contributed by atoms with E-state index in [2.05, 4.69) is 5.32 Å². The summed E-state index contributed by atoms with van der Waals surface area (Å²) in [6.45, 7) is 5.75. The van der Waals surface area contributed by atoms with Gasteiger partial charge in [0.05, 0.1) is 10.5 Å². The predicted octanol–water partition coefficient (Wildman–Crippen LogP) is 1.24. The van der Waals surface area contributed by atoms with Crippen molar-refractivity contribution in [2.75, 3.05) is 12.3 Å². The van der Waals surface area contributed by atoms with E-state index in [0.717, 1.165) is 6.07 Å². The van der Waals surface area contributed by atoms with Crippen LogP contribution < -0.4 is 5.32 Å². The lowest BCUT2D eigenvalue weighted by Crippen LogP contribution is -2.33. The zero-order valence-electron chi connectivity index (χ0n) is 12.2. The lowest BCUT2D eigenvalue weighted by molar-refractivity contribution is -0.118. The Hall–Kier alpha value is -1.89. The van der Waals surface area contributed by atoms with Crippen molar-refractivity contribution in [3.8, 4) is 0 Å². The smallest absolute Gasteiger partial charge is 0.335 e. The number of sulfone groups is 1. The average Bonchev–Trinajstić information content (AvgIpc) is 2.35. The van der Waals surface area contributed by atoms with Gasteiger partial charge in [0.2, 0.25) is 5.91 Å². The number of carbonyl (C=O) groups excluding carboxylic acids is 1. The van der Waals surface area contributed by atoms with Gasteiger partial charge >= 0.3 is 5.97 Å². The van der Waals surface area contributed by atoms with Gasteiger partial charge in [0.25, 0.3) is 0 Å². The molecule has 1 amide bonds. The Labute approximate surface area is 124 Å². The van der Waals surface area contributed by atoms with Crippen molar-refractivity contribution >= 4 is 21.7 Å². The Balaban J connectivity index is 3.00. The van der Waals surface area contributed by atoms with Crippen LogP contribution in [-0.2, 0) is 14.6 Å². The molecular weight excluding hydrogens is 294 g/mol. The molecule has 0 atom stereocenters. The molecule has 1 aromatic carbocycles. The second-order valence-electron chi connectivity index (χ2n) is 5.24. The van der Waals surface area contributed by atoms with E-state index in [4.69, 9.17) is 5.11 Å². The summed E-state index contributed by atoms with van der Waals surface area (Å²) in [7, 11) is -3.87. The van der Waals surface area contributed by atoms with Gasteiger partial charge in [-0.15, -0.1) is 0 Å². The number of benzene rings is 1. The minimum atomic E-state index is -3.87. The second-order valence-corrected chi connectivity index (χ2v) is 7.20. The fraction of sp³-hybridized carbons (Fsp3) is 0.429. The predicted molar refractivity (Wildman–Crippen MR) is 78.0 cm³/mol. The highest BCUT2D eigenvalue weighted by atomic mass is 32.2. The summed E-state index contributed by atoms with van der Waals surface area (Å²) in [6.07, 6.45) is 0. The molecule has 2 N–H and O–H groups in total. The van der Waals surface area contributed by atoms with Crippen molar-refractivity contribution in [3.05, 3.63) is 29.3 Å². The topological polar surface area (TPSA) is 101 Å². The van der Waals surface area contributed by atoms with E-state index in [1.807, 2.05) is 13.8 Å². The summed E-state index contributed by atoms with van der Waals surface area (Å²) < 4.78 is 24.5. The van der Waals surface area contributed by atoms with Gasteiger partial charge in [-0.1, -0.05) is 19.9 Å². The van der Waals surface area contributed by atoms with Crippen LogP contribution in [-0.4, -0.2) is 37.7 Å². The number of carboxylic acid groups (broad SMARTS) is 1. The zero-order valence-corrected chi connectivity index (χ0v) is 13.0. The molecule has 116 valence electrons. The second kappa shape index (κ2) is 6.71. The molecule has 0 spiro atoms. The van der Waals surface area contributed by atoms with E-state index >= 15 is 0 Å². The number of aromatic carboxylic acids is 1. The Kier molecular flexibility index (Phi) is 5.48. The summed E-state index contributed by atoms with van der Waals surface area (Å²) in [5, 5.41) is 11.4. The molecule has 0 aliphatic rings. The molecule has 0 bridgehead atoms. The van der Waals surface area contributed by atoms with E-state index in [1.54, 1.807) is 6.92 Å².